The van der Waals surface area contributed by atoms with Crippen LogP contribution in [0, 0.1) is 17.8 Å². The Morgan fingerprint density at radius 2 is 1.00 bits per heavy atom. The number of benzene rings is 7. The Kier molecular flexibility index (Phi) is 6.80. The van der Waals surface area contributed by atoms with Gasteiger partial charge < -0.3 is 4.74 Å². The highest BCUT2D eigenvalue weighted by atomic mass is 16.5. The van der Waals surface area contributed by atoms with Crippen LogP contribution in [0.3, 0.4) is 0 Å². The highest BCUT2D eigenvalue weighted by molar-refractivity contribution is 5.95. The van der Waals surface area contributed by atoms with Gasteiger partial charge in [0.05, 0.1) is 5.41 Å². The molecule has 0 radical (unpaired) electrons. The molecule has 4 fully saturated rings. The number of para-hydroxylation sites is 2. The Morgan fingerprint density at radius 3 is 1.78 bits per heavy atom. The van der Waals surface area contributed by atoms with Crippen molar-refractivity contribution >= 4 is 10.8 Å². The van der Waals surface area contributed by atoms with Crippen molar-refractivity contribution in [2.45, 2.75) is 49.4 Å². The van der Waals surface area contributed by atoms with Crippen molar-refractivity contribution in [2.24, 2.45) is 17.8 Å². The molecule has 4 nitrogen and oxygen atoms in total. The Hall–Kier alpha value is -6.39. The topological polar surface area (TPSA) is 47.9 Å². The molecule has 4 bridgehead atoms. The molecule has 1 aliphatic heterocycles. The van der Waals surface area contributed by atoms with Gasteiger partial charge in [-0.2, -0.15) is 0 Å². The fraction of sp³-hybridized carbons (Fsp3) is 0.204. The van der Waals surface area contributed by atoms with Crippen molar-refractivity contribution in [3.8, 4) is 56.5 Å². The first kappa shape index (κ1) is 32.7. The average molecular weight is 748 g/mol. The molecule has 6 aliphatic rings. The van der Waals surface area contributed by atoms with E-state index < -0.39 is 5.41 Å². The van der Waals surface area contributed by atoms with Crippen molar-refractivity contribution in [1.29, 1.82) is 0 Å². The number of hydrogen-bond donors (Lipinski definition) is 0. The maximum atomic E-state index is 6.56. The Labute approximate surface area is 338 Å². The highest BCUT2D eigenvalue weighted by Crippen LogP contribution is 2.63. The quantitative estimate of drug-likeness (QED) is 0.180. The van der Waals surface area contributed by atoms with Crippen molar-refractivity contribution in [2.75, 3.05) is 0 Å². The van der Waals surface area contributed by atoms with Crippen LogP contribution in [0.5, 0.6) is 11.5 Å². The molecule has 7 aromatic carbocycles. The van der Waals surface area contributed by atoms with Crippen molar-refractivity contribution < 1.29 is 4.74 Å². The van der Waals surface area contributed by atoms with Crippen molar-refractivity contribution in [3.63, 3.8) is 0 Å². The van der Waals surface area contributed by atoms with E-state index in [0.29, 0.717) is 0 Å². The summed E-state index contributed by atoms with van der Waals surface area (Å²) in [5.74, 6) is 6.78. The number of ether oxygens (including phenoxy) is 1. The van der Waals surface area contributed by atoms with Gasteiger partial charge in [0.25, 0.3) is 0 Å². The molecule has 0 unspecified atom stereocenters. The molecule has 0 atom stereocenters. The monoisotopic (exact) mass is 747 g/mol. The maximum absolute atomic E-state index is 6.56. The molecule has 58 heavy (non-hydrogen) atoms. The van der Waals surface area contributed by atoms with E-state index in [9.17, 15) is 0 Å². The van der Waals surface area contributed by atoms with Gasteiger partial charge in [-0.05, 0) is 125 Å². The predicted octanol–water partition coefficient (Wildman–Crippen LogP) is 13.0. The van der Waals surface area contributed by atoms with Crippen LogP contribution in [-0.4, -0.2) is 15.0 Å². The second-order valence-electron chi connectivity index (χ2n) is 17.8. The van der Waals surface area contributed by atoms with E-state index in [2.05, 4.69) is 158 Å². The molecule has 2 heterocycles. The zero-order chi connectivity index (χ0) is 38.0. The van der Waals surface area contributed by atoms with Crippen LogP contribution < -0.4 is 4.74 Å². The third kappa shape index (κ3) is 4.60. The van der Waals surface area contributed by atoms with Gasteiger partial charge in [0.2, 0.25) is 0 Å². The molecule has 5 aliphatic carbocycles. The minimum absolute atomic E-state index is 0.0358. The van der Waals surface area contributed by atoms with E-state index in [1.54, 1.807) is 0 Å². The normalized spacial score (nSPS) is 22.6. The van der Waals surface area contributed by atoms with Gasteiger partial charge in [0.1, 0.15) is 17.3 Å². The van der Waals surface area contributed by atoms with Crippen LogP contribution in [0.1, 0.15) is 66.6 Å². The third-order valence-electron chi connectivity index (χ3n) is 14.5. The van der Waals surface area contributed by atoms with Crippen molar-refractivity contribution in [3.05, 3.63) is 186 Å². The van der Waals surface area contributed by atoms with E-state index in [0.717, 1.165) is 63.4 Å². The summed E-state index contributed by atoms with van der Waals surface area (Å²) in [6.45, 7) is 0. The second-order valence-corrected chi connectivity index (χ2v) is 17.8. The van der Waals surface area contributed by atoms with Crippen LogP contribution in [-0.2, 0) is 10.8 Å². The Bertz CT molecular complexity index is 2910. The fourth-order valence-electron chi connectivity index (χ4n) is 12.5. The minimum Gasteiger partial charge on any atom is -0.457 e. The molecule has 14 rings (SSSR count). The smallest absolute Gasteiger partial charge is 0.164 e. The van der Waals surface area contributed by atoms with Gasteiger partial charge >= 0.3 is 0 Å². The average Bonchev–Trinajstić information content (AvgIpc) is 3.55. The molecular formula is C54H41N3O. The lowest BCUT2D eigenvalue weighted by atomic mass is 9.49. The van der Waals surface area contributed by atoms with E-state index >= 15 is 0 Å². The summed E-state index contributed by atoms with van der Waals surface area (Å²) in [4.78, 5) is 16.3. The largest absolute Gasteiger partial charge is 0.457 e. The Morgan fingerprint density at radius 1 is 0.431 bits per heavy atom. The number of nitrogens with zero attached hydrogens (tertiary/aromatic N) is 3. The molecule has 1 spiro atoms. The molecule has 8 aromatic rings. The standard InChI is InChI=1S/C54H41N3O/c1-2-15-40-36(11-1)12-10-17-42(40)51-55-50(56-52(57-51)53-30-33-25-34(31-53)27-35(26-33)32-53)39-14-9-13-37(28-39)38-23-24-45-43(29-38)41-16-3-4-18-44(41)54(45)46-19-5-7-21-48(46)58-49-22-8-6-20-47(49)54/h1-24,28-29,33-35H,25-27,30-32H2. The summed E-state index contributed by atoms with van der Waals surface area (Å²) < 4.78 is 6.56. The molecule has 0 amide bonds. The van der Waals surface area contributed by atoms with Crippen LogP contribution in [0.2, 0.25) is 0 Å². The lowest BCUT2D eigenvalue weighted by Crippen LogP contribution is -2.49. The van der Waals surface area contributed by atoms with Gasteiger partial charge in [0.15, 0.2) is 11.6 Å². The molecule has 0 saturated heterocycles. The maximum Gasteiger partial charge on any atom is 0.164 e. The first-order chi connectivity index (χ1) is 28.6. The predicted molar refractivity (Wildman–Crippen MR) is 231 cm³/mol. The minimum atomic E-state index is -0.478. The van der Waals surface area contributed by atoms with Crippen molar-refractivity contribution in [1.82, 2.24) is 15.0 Å². The van der Waals surface area contributed by atoms with E-state index in [-0.39, 0.29) is 5.41 Å². The number of aromatic nitrogens is 3. The van der Waals surface area contributed by atoms with E-state index in [4.69, 9.17) is 19.7 Å². The number of hydrogen-bond acceptors (Lipinski definition) is 4. The second kappa shape index (κ2) is 12.1. The highest BCUT2D eigenvalue weighted by Gasteiger charge is 2.54. The Balaban J connectivity index is 0.971. The SMILES string of the molecule is c1cc(-c2ccc3c(c2)-c2ccccc2C32c3ccccc3Oc3ccccc32)cc(-c2nc(-c3cccc4ccccc34)nc(C34CC5CC(CC(C5)C3)C4)n2)c1. The van der Waals surface area contributed by atoms with Gasteiger partial charge in [-0.15, -0.1) is 0 Å². The number of fused-ring (bicyclic) bond motifs is 10. The summed E-state index contributed by atoms with van der Waals surface area (Å²) >= 11 is 0. The molecule has 0 N–H and O–H groups in total. The molecule has 4 heteroatoms. The van der Waals surface area contributed by atoms with Crippen LogP contribution in [0.15, 0.2) is 158 Å². The van der Waals surface area contributed by atoms with Crippen LogP contribution >= 0.6 is 0 Å². The van der Waals surface area contributed by atoms with E-state index in [1.807, 2.05) is 0 Å². The summed E-state index contributed by atoms with van der Waals surface area (Å²) in [6, 6.07) is 57.1. The summed E-state index contributed by atoms with van der Waals surface area (Å²) in [5, 5.41) is 2.38. The molecule has 4 saturated carbocycles. The molecule has 278 valence electrons. The van der Waals surface area contributed by atoms with E-state index in [1.165, 1.54) is 88.2 Å². The lowest BCUT2D eigenvalue weighted by Gasteiger charge is -2.56. The van der Waals surface area contributed by atoms with Crippen LogP contribution in [0.4, 0.5) is 0 Å². The van der Waals surface area contributed by atoms with Gasteiger partial charge in [-0.1, -0.05) is 133 Å². The van der Waals surface area contributed by atoms with Gasteiger partial charge in [0, 0.05) is 27.7 Å². The summed E-state index contributed by atoms with van der Waals surface area (Å²) in [5.41, 5.74) is 11.4. The first-order valence-electron chi connectivity index (χ1n) is 21.1. The van der Waals surface area contributed by atoms with Crippen LogP contribution in [0.25, 0.3) is 55.8 Å². The lowest BCUT2D eigenvalue weighted by molar-refractivity contribution is -0.00938. The first-order valence-corrected chi connectivity index (χ1v) is 21.1. The van der Waals surface area contributed by atoms with Gasteiger partial charge in [-0.3, -0.25) is 0 Å². The zero-order valence-electron chi connectivity index (χ0n) is 32.2. The van der Waals surface area contributed by atoms with Gasteiger partial charge in [-0.25, -0.2) is 15.0 Å². The summed E-state index contributed by atoms with van der Waals surface area (Å²) in [7, 11) is 0. The fourth-order valence-corrected chi connectivity index (χ4v) is 12.5. The molecular weight excluding hydrogens is 707 g/mol. The zero-order valence-corrected chi connectivity index (χ0v) is 32.2. The molecule has 1 aromatic heterocycles. The summed E-state index contributed by atoms with van der Waals surface area (Å²) in [6.07, 6.45) is 7.77. The third-order valence-corrected chi connectivity index (χ3v) is 14.5. The number of rotatable bonds is 4.